The molecule has 2 saturated carbocycles. The highest BCUT2D eigenvalue weighted by atomic mass is 19.1. The van der Waals surface area contributed by atoms with E-state index in [1.165, 1.54) is 0 Å². The third kappa shape index (κ3) is 1.94. The normalized spacial score (nSPS) is 55.3. The maximum atomic E-state index is 14.4. The second kappa shape index (κ2) is 4.82. The summed E-state index contributed by atoms with van der Waals surface area (Å²) in [4.78, 5) is 0. The lowest BCUT2D eigenvalue weighted by atomic mass is 9.49. The molecule has 0 amide bonds. The van der Waals surface area contributed by atoms with Gasteiger partial charge in [-0.05, 0) is 59.8 Å². The molecule has 4 aliphatic carbocycles. The first kappa shape index (κ1) is 15.6. The summed E-state index contributed by atoms with van der Waals surface area (Å²) >= 11 is 0. The van der Waals surface area contributed by atoms with E-state index in [1.807, 2.05) is 6.08 Å². The minimum absolute atomic E-state index is 0.0411. The number of allylic oxidation sites excluding steroid dienone is 3. The number of hydrogen-bond acceptors (Lipinski definition) is 3. The number of halogens is 1. The van der Waals surface area contributed by atoms with E-state index >= 15 is 0 Å². The van der Waals surface area contributed by atoms with Gasteiger partial charge in [0.25, 0.3) is 0 Å². The molecular weight excluding hydrogens is 293 g/mol. The minimum atomic E-state index is -0.974. The Morgan fingerprint density at radius 3 is 2.74 bits per heavy atom. The Morgan fingerprint density at radius 1 is 1.26 bits per heavy atom. The molecular formula is C19H28FNO2. The third-order valence-corrected chi connectivity index (χ3v) is 7.74. The first-order chi connectivity index (χ1) is 10.8. The molecule has 0 bridgehead atoms. The molecule has 4 aliphatic rings. The van der Waals surface area contributed by atoms with E-state index in [4.69, 9.17) is 5.73 Å². The largest absolute Gasteiger partial charge is 0.512 e. The second-order valence-electron chi connectivity index (χ2n) is 8.76. The number of fused-ring (bicyclic) bond motifs is 5. The number of aliphatic hydroxyl groups is 2. The third-order valence-electron chi connectivity index (χ3n) is 7.74. The lowest BCUT2D eigenvalue weighted by Crippen LogP contribution is -2.51. The molecule has 0 spiro atoms. The summed E-state index contributed by atoms with van der Waals surface area (Å²) in [6.45, 7) is 4.36. The Kier molecular flexibility index (Phi) is 3.28. The summed E-state index contributed by atoms with van der Waals surface area (Å²) in [7, 11) is 0. The van der Waals surface area contributed by atoms with E-state index in [0.717, 1.165) is 18.4 Å². The summed E-state index contributed by atoms with van der Waals surface area (Å²) in [6, 6.07) is -0.428. The van der Waals surface area contributed by atoms with Gasteiger partial charge >= 0.3 is 0 Å². The van der Waals surface area contributed by atoms with Crippen LogP contribution in [0.25, 0.3) is 0 Å². The molecule has 2 fully saturated rings. The number of hydrogen-bond donors (Lipinski definition) is 3. The van der Waals surface area contributed by atoms with Gasteiger partial charge in [0, 0.05) is 12.5 Å². The first-order valence-corrected chi connectivity index (χ1v) is 8.96. The van der Waals surface area contributed by atoms with Crippen LogP contribution < -0.4 is 5.73 Å². The fraction of sp³-hybridized carbons (Fsp3) is 0.789. The molecule has 128 valence electrons. The van der Waals surface area contributed by atoms with Gasteiger partial charge in [-0.1, -0.05) is 26.0 Å². The van der Waals surface area contributed by atoms with Gasteiger partial charge < -0.3 is 15.9 Å². The van der Waals surface area contributed by atoms with Gasteiger partial charge in [0.15, 0.2) is 0 Å². The summed E-state index contributed by atoms with van der Waals surface area (Å²) < 4.78 is 14.4. The Bertz CT molecular complexity index is 588. The highest BCUT2D eigenvalue weighted by Gasteiger charge is 2.60. The molecule has 4 N–H and O–H groups in total. The van der Waals surface area contributed by atoms with Crippen molar-refractivity contribution in [1.82, 2.24) is 0 Å². The van der Waals surface area contributed by atoms with Crippen LogP contribution >= 0.6 is 0 Å². The van der Waals surface area contributed by atoms with Crippen LogP contribution in [0.3, 0.4) is 0 Å². The topological polar surface area (TPSA) is 66.5 Å². The van der Waals surface area contributed by atoms with Crippen molar-refractivity contribution in [3.05, 3.63) is 23.5 Å². The van der Waals surface area contributed by atoms with E-state index in [0.29, 0.717) is 25.0 Å². The van der Waals surface area contributed by atoms with Crippen LogP contribution in [0.4, 0.5) is 4.39 Å². The highest BCUT2D eigenvalue weighted by Crippen LogP contribution is 2.64. The average molecular weight is 321 g/mol. The summed E-state index contributed by atoms with van der Waals surface area (Å²) in [5, 5.41) is 20.7. The Hall–Kier alpha value is -0.870. The number of rotatable bonds is 0. The molecule has 4 rings (SSSR count). The van der Waals surface area contributed by atoms with E-state index in [9.17, 15) is 14.6 Å². The van der Waals surface area contributed by atoms with Crippen molar-refractivity contribution in [3.63, 3.8) is 0 Å². The van der Waals surface area contributed by atoms with E-state index in [1.54, 1.807) is 0 Å². The van der Waals surface area contributed by atoms with Crippen molar-refractivity contribution in [1.29, 1.82) is 0 Å². The van der Waals surface area contributed by atoms with Crippen molar-refractivity contribution in [2.45, 2.75) is 64.3 Å². The Balaban J connectivity index is 1.78. The van der Waals surface area contributed by atoms with E-state index < -0.39 is 18.3 Å². The van der Waals surface area contributed by atoms with Gasteiger partial charge in [0.2, 0.25) is 0 Å². The van der Waals surface area contributed by atoms with Crippen LogP contribution in [0, 0.1) is 28.6 Å². The molecule has 0 aromatic rings. The Morgan fingerprint density at radius 2 is 2.00 bits per heavy atom. The Labute approximate surface area is 137 Å². The summed E-state index contributed by atoms with van der Waals surface area (Å²) in [6.07, 6.45) is 6.29. The molecule has 0 heterocycles. The van der Waals surface area contributed by atoms with E-state index in [2.05, 4.69) is 19.9 Å². The molecule has 4 heteroatoms. The second-order valence-corrected chi connectivity index (χ2v) is 8.76. The number of aliphatic hydroxyl groups excluding tert-OH is 2. The number of nitrogens with two attached hydrogens (primary N) is 1. The monoisotopic (exact) mass is 321 g/mol. The van der Waals surface area contributed by atoms with Crippen LogP contribution in [0.1, 0.15) is 46.0 Å². The molecule has 0 radical (unpaired) electrons. The van der Waals surface area contributed by atoms with Crippen LogP contribution in [-0.2, 0) is 0 Å². The zero-order valence-electron chi connectivity index (χ0n) is 14.0. The van der Waals surface area contributed by atoms with Crippen molar-refractivity contribution >= 4 is 0 Å². The molecule has 1 unspecified atom stereocenters. The standard InChI is InChI=1S/C19H28FNO2/c1-18-5-3-11(22)7-10(18)8-15(23)16-12(18)4-6-19(2)13(16)9-14(20)17(19)21/h3,5,10-14,17,22-23H,4,6-9,21H2,1-2H3/t10?,11-,12-,13-,14+,17-,18-,19-/m0/s1. The fourth-order valence-electron chi connectivity index (χ4n) is 6.15. The van der Waals surface area contributed by atoms with E-state index in [-0.39, 0.29) is 28.6 Å². The predicted octanol–water partition coefficient (Wildman–Crippen LogP) is 3.25. The van der Waals surface area contributed by atoms with Gasteiger partial charge in [-0.25, -0.2) is 4.39 Å². The van der Waals surface area contributed by atoms with Crippen LogP contribution in [0.5, 0.6) is 0 Å². The average Bonchev–Trinajstić information content (AvgIpc) is 2.73. The maximum absolute atomic E-state index is 14.4. The van der Waals surface area contributed by atoms with Crippen molar-refractivity contribution in [3.8, 4) is 0 Å². The van der Waals surface area contributed by atoms with Gasteiger partial charge in [-0.15, -0.1) is 0 Å². The van der Waals surface area contributed by atoms with Gasteiger partial charge in [0.05, 0.1) is 11.9 Å². The van der Waals surface area contributed by atoms with Crippen LogP contribution in [-0.4, -0.2) is 28.5 Å². The zero-order valence-corrected chi connectivity index (χ0v) is 14.0. The fourth-order valence-corrected chi connectivity index (χ4v) is 6.15. The predicted molar refractivity (Wildman–Crippen MR) is 87.4 cm³/mol. The van der Waals surface area contributed by atoms with Gasteiger partial charge in [-0.3, -0.25) is 0 Å². The van der Waals surface area contributed by atoms with Gasteiger partial charge in [0.1, 0.15) is 6.17 Å². The first-order valence-electron chi connectivity index (χ1n) is 8.96. The summed E-state index contributed by atoms with van der Waals surface area (Å²) in [5.74, 6) is 1.03. The molecule has 8 atom stereocenters. The lowest BCUT2D eigenvalue weighted by molar-refractivity contribution is 0.0211. The maximum Gasteiger partial charge on any atom is 0.116 e. The lowest BCUT2D eigenvalue weighted by Gasteiger charge is -2.55. The zero-order chi connectivity index (χ0) is 16.6. The van der Waals surface area contributed by atoms with Crippen LogP contribution in [0.15, 0.2) is 23.5 Å². The SMILES string of the molecule is C[C@]12CC[C@H]3C(=C(O)CC4C[C@@H](O)C=C[C@@]43C)[C@@H]1C[C@@H](F)[C@@H]2N. The van der Waals surface area contributed by atoms with Crippen molar-refractivity contribution in [2.24, 2.45) is 34.3 Å². The molecule has 0 aromatic heterocycles. The molecule has 0 aliphatic heterocycles. The minimum Gasteiger partial charge on any atom is -0.512 e. The molecule has 0 saturated heterocycles. The van der Waals surface area contributed by atoms with Gasteiger partial charge in [-0.2, -0.15) is 0 Å². The molecule has 23 heavy (non-hydrogen) atoms. The quantitative estimate of drug-likeness (QED) is 0.600. The molecule has 0 aromatic carbocycles. The van der Waals surface area contributed by atoms with Crippen LogP contribution in [0.2, 0.25) is 0 Å². The number of alkyl halides is 1. The molecule has 3 nitrogen and oxygen atoms in total. The highest BCUT2D eigenvalue weighted by molar-refractivity contribution is 5.34. The van der Waals surface area contributed by atoms with Crippen molar-refractivity contribution < 1.29 is 14.6 Å². The summed E-state index contributed by atoms with van der Waals surface area (Å²) in [5.41, 5.74) is 6.99. The van der Waals surface area contributed by atoms with Crippen molar-refractivity contribution in [2.75, 3.05) is 0 Å². The smallest absolute Gasteiger partial charge is 0.116 e.